The van der Waals surface area contributed by atoms with Crippen molar-refractivity contribution in [2.75, 3.05) is 4.90 Å². The second kappa shape index (κ2) is 3.66. The summed E-state index contributed by atoms with van der Waals surface area (Å²) in [6, 6.07) is 8.25. The van der Waals surface area contributed by atoms with Gasteiger partial charge in [0.1, 0.15) is 0 Å². The van der Waals surface area contributed by atoms with Crippen LogP contribution in [0.15, 0.2) is 36.4 Å². The zero-order valence-corrected chi connectivity index (χ0v) is 8.18. The van der Waals surface area contributed by atoms with Crippen molar-refractivity contribution in [3.8, 4) is 0 Å². The van der Waals surface area contributed by atoms with Crippen molar-refractivity contribution in [1.29, 1.82) is 0 Å². The van der Waals surface area contributed by atoms with E-state index in [1.54, 1.807) is 4.90 Å². The fraction of sp³-hybridized carbons (Fsp3) is 0.250. The van der Waals surface area contributed by atoms with E-state index >= 15 is 0 Å². The number of nitrogens with zero attached hydrogens (tertiary/aromatic N) is 1. The van der Waals surface area contributed by atoms with E-state index in [0.717, 1.165) is 18.5 Å². The number of hydrogen-bond acceptors (Lipinski definition) is 1. The molecule has 1 atom stereocenters. The molecule has 0 aromatic heterocycles. The Kier molecular flexibility index (Phi) is 2.35. The van der Waals surface area contributed by atoms with Crippen LogP contribution in [0.4, 0.5) is 5.69 Å². The zero-order chi connectivity index (χ0) is 9.97. The molecule has 0 radical (unpaired) electrons. The summed E-state index contributed by atoms with van der Waals surface area (Å²) in [5.41, 5.74) is 2.30. The second-order valence-corrected chi connectivity index (χ2v) is 3.44. The summed E-state index contributed by atoms with van der Waals surface area (Å²) in [5, 5.41) is 0. The van der Waals surface area contributed by atoms with Gasteiger partial charge in [-0.15, -0.1) is 0 Å². The van der Waals surface area contributed by atoms with Crippen molar-refractivity contribution in [2.24, 2.45) is 0 Å². The van der Waals surface area contributed by atoms with E-state index < -0.39 is 0 Å². The molecule has 0 aliphatic carbocycles. The topological polar surface area (TPSA) is 20.3 Å². The van der Waals surface area contributed by atoms with Crippen LogP contribution >= 0.6 is 0 Å². The third kappa shape index (κ3) is 1.33. The van der Waals surface area contributed by atoms with Crippen LogP contribution in [0.5, 0.6) is 0 Å². The highest BCUT2D eigenvalue weighted by Gasteiger charge is 2.25. The Hall–Kier alpha value is -1.57. The van der Waals surface area contributed by atoms with Crippen molar-refractivity contribution < 1.29 is 4.79 Å². The average Bonchev–Trinajstić information content (AvgIpc) is 2.55. The molecule has 1 aliphatic heterocycles. The van der Waals surface area contributed by atoms with E-state index in [0.29, 0.717) is 0 Å². The Morgan fingerprint density at radius 1 is 1.43 bits per heavy atom. The summed E-state index contributed by atoms with van der Waals surface area (Å²) in [5.74, 6) is 0. The summed E-state index contributed by atoms with van der Waals surface area (Å²) in [6.45, 7) is 1.98. The molecule has 1 aliphatic rings. The summed E-state index contributed by atoms with van der Waals surface area (Å²) >= 11 is 0. The SMILES string of the molecule is C/C=C/C1Cc2ccccc2N1C=O. The Morgan fingerprint density at radius 2 is 2.21 bits per heavy atom. The third-order valence-electron chi connectivity index (χ3n) is 2.58. The van der Waals surface area contributed by atoms with Crippen LogP contribution in [-0.2, 0) is 11.2 Å². The first-order valence-corrected chi connectivity index (χ1v) is 4.81. The molecule has 0 saturated heterocycles. The van der Waals surface area contributed by atoms with Crippen LogP contribution in [0.1, 0.15) is 12.5 Å². The first-order chi connectivity index (χ1) is 6.86. The number of carbonyl (C=O) groups excluding carboxylic acids is 1. The van der Waals surface area contributed by atoms with E-state index in [1.807, 2.05) is 31.2 Å². The van der Waals surface area contributed by atoms with Gasteiger partial charge >= 0.3 is 0 Å². The summed E-state index contributed by atoms with van der Waals surface area (Å²) in [6.07, 6.45) is 5.90. The molecule has 1 aromatic rings. The number of fused-ring (bicyclic) bond motifs is 1. The molecule has 1 amide bonds. The van der Waals surface area contributed by atoms with Gasteiger partial charge in [0, 0.05) is 5.69 Å². The van der Waals surface area contributed by atoms with Crippen molar-refractivity contribution in [3.63, 3.8) is 0 Å². The highest BCUT2D eigenvalue weighted by molar-refractivity contribution is 5.81. The molecular formula is C12H13NO. The lowest BCUT2D eigenvalue weighted by Crippen LogP contribution is -2.28. The monoisotopic (exact) mass is 187 g/mol. The average molecular weight is 187 g/mol. The Bertz CT molecular complexity index is 370. The molecular weight excluding hydrogens is 174 g/mol. The molecule has 72 valence electrons. The number of carbonyl (C=O) groups is 1. The maximum Gasteiger partial charge on any atom is 0.214 e. The highest BCUT2D eigenvalue weighted by atomic mass is 16.1. The van der Waals surface area contributed by atoms with E-state index in [-0.39, 0.29) is 6.04 Å². The number of para-hydroxylation sites is 1. The molecule has 2 heteroatoms. The maximum atomic E-state index is 10.9. The van der Waals surface area contributed by atoms with Gasteiger partial charge in [0.25, 0.3) is 0 Å². The van der Waals surface area contributed by atoms with Crippen molar-refractivity contribution in [3.05, 3.63) is 42.0 Å². The lowest BCUT2D eigenvalue weighted by Gasteiger charge is -2.16. The first kappa shape index (κ1) is 9.00. The summed E-state index contributed by atoms with van der Waals surface area (Å²) < 4.78 is 0. The van der Waals surface area contributed by atoms with Gasteiger partial charge in [-0.1, -0.05) is 30.4 Å². The predicted molar refractivity (Wildman–Crippen MR) is 57.3 cm³/mol. The normalized spacial score (nSPS) is 20.1. The molecule has 2 nitrogen and oxygen atoms in total. The van der Waals surface area contributed by atoms with Gasteiger partial charge in [-0.05, 0) is 25.0 Å². The molecule has 0 fully saturated rings. The number of anilines is 1. The smallest absolute Gasteiger partial charge is 0.214 e. The van der Waals surface area contributed by atoms with Crippen LogP contribution in [0, 0.1) is 0 Å². The standard InChI is InChI=1S/C12H13NO/c1-2-5-11-8-10-6-3-4-7-12(10)13(11)9-14/h2-7,9,11H,8H2,1H3/b5-2+. The van der Waals surface area contributed by atoms with Crippen LogP contribution in [-0.4, -0.2) is 12.5 Å². The Morgan fingerprint density at radius 3 is 2.93 bits per heavy atom. The second-order valence-electron chi connectivity index (χ2n) is 3.44. The highest BCUT2D eigenvalue weighted by Crippen LogP contribution is 2.30. The Labute approximate surface area is 83.8 Å². The van der Waals surface area contributed by atoms with Gasteiger partial charge in [0.05, 0.1) is 6.04 Å². The molecule has 1 heterocycles. The molecule has 14 heavy (non-hydrogen) atoms. The minimum Gasteiger partial charge on any atom is -0.307 e. The number of rotatable bonds is 2. The lowest BCUT2D eigenvalue weighted by atomic mass is 10.1. The third-order valence-corrected chi connectivity index (χ3v) is 2.58. The van der Waals surface area contributed by atoms with Crippen LogP contribution < -0.4 is 4.90 Å². The quantitative estimate of drug-likeness (QED) is 0.513. The molecule has 0 spiro atoms. The van der Waals surface area contributed by atoms with Gasteiger partial charge in [-0.2, -0.15) is 0 Å². The Balaban J connectivity index is 2.38. The largest absolute Gasteiger partial charge is 0.307 e. The van der Waals surface area contributed by atoms with Crippen molar-refractivity contribution in [1.82, 2.24) is 0 Å². The van der Waals surface area contributed by atoms with E-state index in [1.165, 1.54) is 5.56 Å². The van der Waals surface area contributed by atoms with Gasteiger partial charge in [0.15, 0.2) is 0 Å². The number of amides is 1. The maximum absolute atomic E-state index is 10.9. The minimum atomic E-state index is 0.204. The lowest BCUT2D eigenvalue weighted by molar-refractivity contribution is -0.107. The van der Waals surface area contributed by atoms with Gasteiger partial charge < -0.3 is 4.90 Å². The summed E-state index contributed by atoms with van der Waals surface area (Å²) in [4.78, 5) is 12.7. The molecule has 2 rings (SSSR count). The molecule has 1 unspecified atom stereocenters. The van der Waals surface area contributed by atoms with Crippen LogP contribution in [0.3, 0.4) is 0 Å². The van der Waals surface area contributed by atoms with E-state index in [4.69, 9.17) is 0 Å². The van der Waals surface area contributed by atoms with Crippen LogP contribution in [0.25, 0.3) is 0 Å². The van der Waals surface area contributed by atoms with Crippen molar-refractivity contribution in [2.45, 2.75) is 19.4 Å². The molecule has 1 aromatic carbocycles. The fourth-order valence-corrected chi connectivity index (χ4v) is 1.96. The number of allylic oxidation sites excluding steroid dienone is 1. The van der Waals surface area contributed by atoms with E-state index in [2.05, 4.69) is 12.1 Å². The zero-order valence-electron chi connectivity index (χ0n) is 8.18. The summed E-state index contributed by atoms with van der Waals surface area (Å²) in [7, 11) is 0. The predicted octanol–water partition coefficient (Wildman–Crippen LogP) is 2.15. The number of hydrogen-bond donors (Lipinski definition) is 0. The minimum absolute atomic E-state index is 0.204. The van der Waals surface area contributed by atoms with Crippen molar-refractivity contribution >= 4 is 12.1 Å². The van der Waals surface area contributed by atoms with Gasteiger partial charge in [-0.25, -0.2) is 0 Å². The first-order valence-electron chi connectivity index (χ1n) is 4.81. The molecule has 0 bridgehead atoms. The van der Waals surface area contributed by atoms with Gasteiger partial charge in [0.2, 0.25) is 6.41 Å². The van der Waals surface area contributed by atoms with E-state index in [9.17, 15) is 4.79 Å². The fourth-order valence-electron chi connectivity index (χ4n) is 1.96. The van der Waals surface area contributed by atoms with Gasteiger partial charge in [-0.3, -0.25) is 4.79 Å². The number of benzene rings is 1. The molecule has 0 saturated carbocycles. The molecule has 0 N–H and O–H groups in total. The van der Waals surface area contributed by atoms with Crippen LogP contribution in [0.2, 0.25) is 0 Å².